The summed E-state index contributed by atoms with van der Waals surface area (Å²) in [6, 6.07) is 5.12. The van der Waals surface area contributed by atoms with Crippen LogP contribution >= 0.6 is 0 Å². The first kappa shape index (κ1) is 16.6. The highest BCUT2D eigenvalue weighted by Crippen LogP contribution is 2.31. The van der Waals surface area contributed by atoms with Crippen LogP contribution in [0.15, 0.2) is 29.3 Å². The Kier molecular flexibility index (Phi) is 4.08. The van der Waals surface area contributed by atoms with E-state index < -0.39 is 10.0 Å². The first-order valence-electron chi connectivity index (χ1n) is 8.74. The van der Waals surface area contributed by atoms with Crippen molar-refractivity contribution in [2.45, 2.75) is 56.7 Å². The van der Waals surface area contributed by atoms with E-state index in [1.54, 1.807) is 25.2 Å². The average Bonchev–Trinajstić information content (AvgIpc) is 3.15. The molecule has 2 aliphatic heterocycles. The number of nitrogens with zero attached hydrogens (tertiary/aromatic N) is 3. The van der Waals surface area contributed by atoms with Gasteiger partial charge in [0, 0.05) is 32.6 Å². The smallest absolute Gasteiger partial charge is 0.243 e. The van der Waals surface area contributed by atoms with Crippen LogP contribution in [0.25, 0.3) is 0 Å². The first-order chi connectivity index (χ1) is 11.9. The van der Waals surface area contributed by atoms with Gasteiger partial charge >= 0.3 is 0 Å². The van der Waals surface area contributed by atoms with E-state index in [9.17, 15) is 8.42 Å². The van der Waals surface area contributed by atoms with Crippen LogP contribution in [0.4, 0.5) is 0 Å². The number of sulfonamides is 1. The maximum atomic E-state index is 12.9. The molecule has 7 heteroatoms. The molecular formula is C18H23N3O3S. The number of hydrogen-bond acceptors (Lipinski definition) is 4. The van der Waals surface area contributed by atoms with Crippen molar-refractivity contribution in [1.29, 1.82) is 0 Å². The van der Waals surface area contributed by atoms with Crippen molar-refractivity contribution in [3.63, 3.8) is 0 Å². The molecule has 0 unspecified atom stereocenters. The Labute approximate surface area is 148 Å². The average molecular weight is 361 g/mol. The number of hydrogen-bond donors (Lipinski definition) is 0. The van der Waals surface area contributed by atoms with Gasteiger partial charge in [0.15, 0.2) is 0 Å². The monoisotopic (exact) mass is 361 g/mol. The van der Waals surface area contributed by atoms with Gasteiger partial charge in [-0.05, 0) is 43.5 Å². The summed E-state index contributed by atoms with van der Waals surface area (Å²) in [6.07, 6.45) is 6.11. The van der Waals surface area contributed by atoms with E-state index in [0.717, 1.165) is 55.1 Å². The number of aromatic nitrogens is 2. The third kappa shape index (κ3) is 3.06. The molecule has 25 heavy (non-hydrogen) atoms. The summed E-state index contributed by atoms with van der Waals surface area (Å²) in [5.74, 6) is 1.85. The van der Waals surface area contributed by atoms with E-state index in [4.69, 9.17) is 4.74 Å². The quantitative estimate of drug-likeness (QED) is 0.839. The molecule has 0 bridgehead atoms. The Hall–Kier alpha value is -1.86. The molecule has 3 heterocycles. The molecule has 2 aromatic rings. The van der Waals surface area contributed by atoms with Crippen LogP contribution in [0.3, 0.4) is 0 Å². The Balaban J connectivity index is 1.55. The predicted molar refractivity (Wildman–Crippen MR) is 94.1 cm³/mol. The lowest BCUT2D eigenvalue weighted by atomic mass is 10.1. The minimum Gasteiger partial charge on any atom is -0.490 e. The highest BCUT2D eigenvalue weighted by molar-refractivity contribution is 7.89. The van der Waals surface area contributed by atoms with Gasteiger partial charge in [0.05, 0.1) is 17.1 Å². The second-order valence-electron chi connectivity index (χ2n) is 6.96. The van der Waals surface area contributed by atoms with Crippen molar-refractivity contribution in [2.75, 3.05) is 7.05 Å². The third-order valence-corrected chi connectivity index (χ3v) is 6.72. The van der Waals surface area contributed by atoms with E-state index in [0.29, 0.717) is 4.90 Å². The molecule has 0 amide bonds. The molecule has 1 aromatic carbocycles. The maximum Gasteiger partial charge on any atom is 0.243 e. The van der Waals surface area contributed by atoms with Crippen molar-refractivity contribution in [3.05, 3.63) is 41.5 Å². The Bertz CT molecular complexity index is 881. The molecule has 0 saturated carbocycles. The van der Waals surface area contributed by atoms with Crippen molar-refractivity contribution in [2.24, 2.45) is 0 Å². The van der Waals surface area contributed by atoms with E-state index in [1.807, 2.05) is 13.1 Å². The molecule has 134 valence electrons. The molecule has 1 atom stereocenters. The van der Waals surface area contributed by atoms with Crippen LogP contribution in [-0.4, -0.2) is 35.4 Å². The van der Waals surface area contributed by atoms with Crippen molar-refractivity contribution in [3.8, 4) is 5.75 Å². The lowest BCUT2D eigenvalue weighted by Crippen LogP contribution is -2.26. The molecular weight excluding hydrogens is 338 g/mol. The zero-order valence-corrected chi connectivity index (χ0v) is 15.4. The summed E-state index contributed by atoms with van der Waals surface area (Å²) in [6.45, 7) is 3.24. The topological polar surface area (TPSA) is 64.4 Å². The second kappa shape index (κ2) is 6.14. The number of rotatable bonds is 4. The van der Waals surface area contributed by atoms with Gasteiger partial charge in [0.2, 0.25) is 10.0 Å². The maximum absolute atomic E-state index is 12.9. The van der Waals surface area contributed by atoms with E-state index >= 15 is 0 Å². The van der Waals surface area contributed by atoms with Gasteiger partial charge in [-0.1, -0.05) is 0 Å². The summed E-state index contributed by atoms with van der Waals surface area (Å²) in [4.78, 5) is 4.92. The first-order valence-corrected chi connectivity index (χ1v) is 10.2. The predicted octanol–water partition coefficient (Wildman–Crippen LogP) is 2.36. The van der Waals surface area contributed by atoms with Crippen molar-refractivity contribution >= 4 is 10.0 Å². The summed E-state index contributed by atoms with van der Waals surface area (Å²) in [5, 5.41) is 0. The minimum atomic E-state index is -3.55. The van der Waals surface area contributed by atoms with Gasteiger partial charge in [-0.3, -0.25) is 0 Å². The number of aryl methyl sites for hydroxylation is 2. The normalized spacial score (nSPS) is 19.6. The van der Waals surface area contributed by atoms with Gasteiger partial charge in [-0.15, -0.1) is 0 Å². The molecule has 0 spiro atoms. The van der Waals surface area contributed by atoms with E-state index in [1.165, 1.54) is 4.31 Å². The minimum absolute atomic E-state index is 0.0996. The standard InChI is InChI=1S/C18H23N3O3S/c1-13-9-14-10-16(6-7-17(14)24-13)25(22,23)20(2)11-15-12-21-8-4-3-5-18(21)19-15/h6-7,10,12-13H,3-5,8-9,11H2,1-2H3/t13-/m0/s1. The van der Waals surface area contributed by atoms with Crippen LogP contribution in [0, 0.1) is 0 Å². The van der Waals surface area contributed by atoms with Gasteiger partial charge in [0.1, 0.15) is 17.7 Å². The summed E-state index contributed by atoms with van der Waals surface area (Å²) < 4.78 is 35.0. The fourth-order valence-corrected chi connectivity index (χ4v) is 4.79. The highest BCUT2D eigenvalue weighted by Gasteiger charge is 2.26. The fraction of sp³-hybridized carbons (Fsp3) is 0.500. The summed E-state index contributed by atoms with van der Waals surface area (Å²) in [5.41, 5.74) is 1.76. The van der Waals surface area contributed by atoms with Crippen molar-refractivity contribution < 1.29 is 13.2 Å². The van der Waals surface area contributed by atoms with E-state index in [2.05, 4.69) is 9.55 Å². The largest absolute Gasteiger partial charge is 0.490 e. The van der Waals surface area contributed by atoms with Crippen LogP contribution in [-0.2, 0) is 36.0 Å². The molecule has 0 fully saturated rings. The van der Waals surface area contributed by atoms with Crippen LogP contribution in [0.2, 0.25) is 0 Å². The molecule has 4 rings (SSSR count). The van der Waals surface area contributed by atoms with Crippen molar-refractivity contribution in [1.82, 2.24) is 13.9 Å². The van der Waals surface area contributed by atoms with Crippen LogP contribution in [0.1, 0.15) is 36.8 Å². The van der Waals surface area contributed by atoms with Crippen LogP contribution in [0.5, 0.6) is 5.75 Å². The fourth-order valence-electron chi connectivity index (χ4n) is 3.60. The molecule has 0 radical (unpaired) electrons. The molecule has 6 nitrogen and oxygen atoms in total. The number of benzene rings is 1. The molecule has 2 aliphatic rings. The molecule has 0 saturated heterocycles. The SMILES string of the molecule is C[C@H]1Cc2cc(S(=O)(=O)N(C)Cc3cn4c(n3)CCCC4)ccc2O1. The van der Waals surface area contributed by atoms with Gasteiger partial charge in [-0.2, -0.15) is 4.31 Å². The lowest BCUT2D eigenvalue weighted by Gasteiger charge is -2.16. The van der Waals surface area contributed by atoms with Gasteiger partial charge in [0.25, 0.3) is 0 Å². The zero-order valence-electron chi connectivity index (χ0n) is 14.6. The molecule has 0 aliphatic carbocycles. The Morgan fingerprint density at radius 3 is 3.00 bits per heavy atom. The van der Waals surface area contributed by atoms with Gasteiger partial charge in [-0.25, -0.2) is 13.4 Å². The highest BCUT2D eigenvalue weighted by atomic mass is 32.2. The lowest BCUT2D eigenvalue weighted by molar-refractivity contribution is 0.254. The third-order valence-electron chi connectivity index (χ3n) is 4.92. The zero-order chi connectivity index (χ0) is 17.6. The van der Waals surface area contributed by atoms with E-state index in [-0.39, 0.29) is 12.6 Å². The number of ether oxygens (including phenoxy) is 1. The summed E-state index contributed by atoms with van der Waals surface area (Å²) in [7, 11) is -1.94. The second-order valence-corrected chi connectivity index (χ2v) is 9.01. The van der Waals surface area contributed by atoms with Crippen LogP contribution < -0.4 is 4.74 Å². The molecule has 1 aromatic heterocycles. The Morgan fingerprint density at radius 2 is 2.20 bits per heavy atom. The Morgan fingerprint density at radius 1 is 1.36 bits per heavy atom. The number of imidazole rings is 1. The summed E-state index contributed by atoms with van der Waals surface area (Å²) >= 11 is 0. The van der Waals surface area contributed by atoms with Gasteiger partial charge < -0.3 is 9.30 Å². The number of fused-ring (bicyclic) bond motifs is 2. The molecule has 0 N–H and O–H groups in total.